The van der Waals surface area contributed by atoms with Gasteiger partial charge in [-0.2, -0.15) is 0 Å². The molecule has 0 saturated carbocycles. The first-order valence-corrected chi connectivity index (χ1v) is 8.99. The van der Waals surface area contributed by atoms with E-state index in [4.69, 9.17) is 14.2 Å². The van der Waals surface area contributed by atoms with Crippen molar-refractivity contribution in [2.45, 2.75) is 13.0 Å². The lowest BCUT2D eigenvalue weighted by Crippen LogP contribution is -2.33. The number of cyclic esters (lactones) is 1. The Morgan fingerprint density at radius 2 is 1.80 bits per heavy atom. The summed E-state index contributed by atoms with van der Waals surface area (Å²) in [5, 5.41) is 10.9. The molecule has 2 heterocycles. The van der Waals surface area contributed by atoms with Crippen molar-refractivity contribution < 1.29 is 24.1 Å². The highest BCUT2D eigenvalue weighted by molar-refractivity contribution is 5.98. The van der Waals surface area contributed by atoms with Crippen LogP contribution in [-0.4, -0.2) is 34.8 Å². The molecule has 0 spiro atoms. The number of carbonyl (C=O) groups excluding carboxylic acids is 1. The molecule has 4 rings (SSSR count). The number of ether oxygens (including phenoxy) is 3. The van der Waals surface area contributed by atoms with Crippen LogP contribution in [0, 0.1) is 6.92 Å². The summed E-state index contributed by atoms with van der Waals surface area (Å²) in [6.45, 7) is 1.76. The number of aromatic amines is 1. The molecule has 0 saturated heterocycles. The minimum atomic E-state index is -1.23. The molecule has 9 heteroatoms. The van der Waals surface area contributed by atoms with Crippen LogP contribution in [0.15, 0.2) is 46.0 Å². The highest BCUT2D eigenvalue weighted by Crippen LogP contribution is 2.45. The second kappa shape index (κ2) is 7.11. The minimum absolute atomic E-state index is 0.0919. The number of esters is 1. The van der Waals surface area contributed by atoms with Crippen LogP contribution >= 0.6 is 0 Å². The molecule has 154 valence electrons. The number of hydrogen-bond acceptors (Lipinski definition) is 7. The summed E-state index contributed by atoms with van der Waals surface area (Å²) in [5.41, 5.74) is -0.451. The van der Waals surface area contributed by atoms with E-state index in [1.807, 2.05) is 0 Å². The highest BCUT2D eigenvalue weighted by atomic mass is 16.6. The van der Waals surface area contributed by atoms with Crippen LogP contribution in [0.1, 0.15) is 33.2 Å². The van der Waals surface area contributed by atoms with Crippen molar-refractivity contribution in [2.75, 3.05) is 14.2 Å². The topological polar surface area (TPSA) is 120 Å². The Morgan fingerprint density at radius 3 is 2.47 bits per heavy atom. The van der Waals surface area contributed by atoms with Crippen molar-refractivity contribution >= 4 is 5.97 Å². The number of nitrogens with one attached hydrogen (secondary N) is 1. The summed E-state index contributed by atoms with van der Waals surface area (Å²) >= 11 is 0. The molecule has 1 aliphatic heterocycles. The van der Waals surface area contributed by atoms with Gasteiger partial charge >= 0.3 is 11.7 Å². The molecule has 1 aromatic heterocycles. The minimum Gasteiger partial charge on any atom is -0.494 e. The van der Waals surface area contributed by atoms with E-state index < -0.39 is 29.2 Å². The van der Waals surface area contributed by atoms with Gasteiger partial charge in [-0.15, -0.1) is 0 Å². The molecule has 3 aromatic rings. The second-order valence-electron chi connectivity index (χ2n) is 6.67. The van der Waals surface area contributed by atoms with Crippen LogP contribution < -0.4 is 20.7 Å². The Balaban J connectivity index is 1.98. The number of para-hydroxylation sites is 1. The SMILES string of the molecule is COc1ccc2c(c1OC)C(=O)OC2c1c(O)n(-c2ccccc2C)c(=O)[nH]c1=O. The second-order valence-corrected chi connectivity index (χ2v) is 6.67. The van der Waals surface area contributed by atoms with Crippen LogP contribution in [0.4, 0.5) is 0 Å². The quantitative estimate of drug-likeness (QED) is 0.630. The summed E-state index contributed by atoms with van der Waals surface area (Å²) in [5.74, 6) is -0.876. The zero-order valence-electron chi connectivity index (χ0n) is 16.4. The van der Waals surface area contributed by atoms with Crippen LogP contribution in [0.5, 0.6) is 17.4 Å². The lowest BCUT2D eigenvalue weighted by Gasteiger charge is -2.17. The van der Waals surface area contributed by atoms with Gasteiger partial charge in [-0.05, 0) is 24.6 Å². The standard InChI is InChI=1S/C21H18N2O7/c1-10-6-4-5-7-12(10)23-19(25)15(18(24)22-21(23)27)16-11-8-9-13(28-2)17(29-3)14(11)20(26)30-16/h4-9,16,25H,1-3H3,(H,22,24,27). The maximum atomic E-state index is 12.6. The predicted molar refractivity (Wildman–Crippen MR) is 106 cm³/mol. The van der Waals surface area contributed by atoms with Gasteiger partial charge in [-0.3, -0.25) is 9.78 Å². The zero-order valence-corrected chi connectivity index (χ0v) is 16.4. The van der Waals surface area contributed by atoms with E-state index in [0.29, 0.717) is 22.6 Å². The van der Waals surface area contributed by atoms with Gasteiger partial charge in [0.1, 0.15) is 11.1 Å². The third-order valence-corrected chi connectivity index (χ3v) is 5.03. The number of benzene rings is 2. The van der Waals surface area contributed by atoms with Gasteiger partial charge in [0, 0.05) is 5.56 Å². The fraction of sp³-hybridized carbons (Fsp3) is 0.190. The molecule has 30 heavy (non-hydrogen) atoms. The Kier molecular flexibility index (Phi) is 4.57. The van der Waals surface area contributed by atoms with Crippen LogP contribution in [0.3, 0.4) is 0 Å². The normalized spacial score (nSPS) is 14.9. The maximum Gasteiger partial charge on any atom is 0.343 e. The number of fused-ring (bicyclic) bond motifs is 1. The number of methoxy groups -OCH3 is 2. The zero-order chi connectivity index (χ0) is 21.6. The molecule has 0 amide bonds. The van der Waals surface area contributed by atoms with Crippen molar-refractivity contribution in [1.82, 2.24) is 9.55 Å². The van der Waals surface area contributed by atoms with Gasteiger partial charge in [0.15, 0.2) is 17.6 Å². The van der Waals surface area contributed by atoms with Gasteiger partial charge in [-0.25, -0.2) is 14.2 Å². The molecule has 0 fully saturated rings. The summed E-state index contributed by atoms with van der Waals surface area (Å²) in [4.78, 5) is 39.9. The van der Waals surface area contributed by atoms with Crippen LogP contribution in [0.2, 0.25) is 0 Å². The average molecular weight is 410 g/mol. The smallest absolute Gasteiger partial charge is 0.343 e. The third kappa shape index (κ3) is 2.74. The van der Waals surface area contributed by atoms with Crippen molar-refractivity contribution in [3.05, 3.63) is 79.5 Å². The number of aromatic hydroxyl groups is 1. The lowest BCUT2D eigenvalue weighted by molar-refractivity contribution is 0.0447. The summed E-state index contributed by atoms with van der Waals surface area (Å²) in [6, 6.07) is 9.97. The van der Waals surface area contributed by atoms with Crippen molar-refractivity contribution in [2.24, 2.45) is 0 Å². The summed E-state index contributed by atoms with van der Waals surface area (Å²) in [7, 11) is 2.80. The van der Waals surface area contributed by atoms with E-state index in [1.165, 1.54) is 14.2 Å². The molecule has 2 N–H and O–H groups in total. The molecule has 1 atom stereocenters. The van der Waals surface area contributed by atoms with Crippen molar-refractivity contribution in [1.29, 1.82) is 0 Å². The van der Waals surface area contributed by atoms with E-state index in [2.05, 4.69) is 4.98 Å². The Hall–Kier alpha value is -4.01. The first-order valence-electron chi connectivity index (χ1n) is 8.99. The number of aryl methyl sites for hydroxylation is 1. The lowest BCUT2D eigenvalue weighted by atomic mass is 9.99. The average Bonchev–Trinajstić information content (AvgIpc) is 3.04. The highest BCUT2D eigenvalue weighted by Gasteiger charge is 2.40. The summed E-state index contributed by atoms with van der Waals surface area (Å²) in [6.07, 6.45) is -1.23. The number of carbonyl (C=O) groups is 1. The molecule has 2 aromatic carbocycles. The van der Waals surface area contributed by atoms with E-state index in [0.717, 1.165) is 4.57 Å². The van der Waals surface area contributed by atoms with Gasteiger partial charge in [0.2, 0.25) is 5.88 Å². The van der Waals surface area contributed by atoms with Gasteiger partial charge in [0.05, 0.1) is 19.9 Å². The third-order valence-electron chi connectivity index (χ3n) is 5.03. The van der Waals surface area contributed by atoms with E-state index in [1.54, 1.807) is 43.3 Å². The van der Waals surface area contributed by atoms with Gasteiger partial charge < -0.3 is 19.3 Å². The van der Waals surface area contributed by atoms with Crippen molar-refractivity contribution in [3.8, 4) is 23.1 Å². The molecule has 9 nitrogen and oxygen atoms in total. The number of hydrogen-bond donors (Lipinski definition) is 2. The monoisotopic (exact) mass is 410 g/mol. The van der Waals surface area contributed by atoms with Gasteiger partial charge in [0.25, 0.3) is 5.56 Å². The Morgan fingerprint density at radius 1 is 1.07 bits per heavy atom. The molecule has 1 aliphatic rings. The van der Waals surface area contributed by atoms with Crippen LogP contribution in [0.25, 0.3) is 5.69 Å². The fourth-order valence-electron chi connectivity index (χ4n) is 3.63. The van der Waals surface area contributed by atoms with Crippen molar-refractivity contribution in [3.63, 3.8) is 0 Å². The fourth-order valence-corrected chi connectivity index (χ4v) is 3.63. The molecule has 0 aliphatic carbocycles. The molecule has 0 bridgehead atoms. The Bertz CT molecular complexity index is 1290. The largest absolute Gasteiger partial charge is 0.494 e. The molecular formula is C21H18N2O7. The summed E-state index contributed by atoms with van der Waals surface area (Å²) < 4.78 is 16.9. The Labute approximate surface area is 170 Å². The molecular weight excluding hydrogens is 392 g/mol. The van der Waals surface area contributed by atoms with E-state index in [9.17, 15) is 19.5 Å². The van der Waals surface area contributed by atoms with E-state index in [-0.39, 0.29) is 16.9 Å². The number of rotatable bonds is 4. The first-order chi connectivity index (χ1) is 14.4. The molecule has 0 radical (unpaired) electrons. The number of aromatic nitrogens is 2. The molecule has 1 unspecified atom stereocenters. The van der Waals surface area contributed by atoms with E-state index >= 15 is 0 Å². The van der Waals surface area contributed by atoms with Gasteiger partial charge in [-0.1, -0.05) is 24.3 Å². The first kappa shape index (κ1) is 19.3. The van der Waals surface area contributed by atoms with Crippen LogP contribution in [-0.2, 0) is 4.74 Å². The predicted octanol–water partition coefficient (Wildman–Crippen LogP) is 1.82. The maximum absolute atomic E-state index is 12.6. The number of H-pyrrole nitrogens is 1. The number of nitrogens with zero attached hydrogens (tertiary/aromatic N) is 1.